The van der Waals surface area contributed by atoms with Gasteiger partial charge in [0.25, 0.3) is 0 Å². The van der Waals surface area contributed by atoms with E-state index < -0.39 is 0 Å². The van der Waals surface area contributed by atoms with Crippen LogP contribution in [0.5, 0.6) is 0 Å². The number of nitrogens with two attached hydrogens (primary N) is 1. The number of thiazole rings is 1. The minimum atomic E-state index is 0.0603. The number of benzene rings is 1. The van der Waals surface area contributed by atoms with Crippen LogP contribution in [0.3, 0.4) is 0 Å². The van der Waals surface area contributed by atoms with Crippen LogP contribution >= 0.6 is 22.9 Å². The third kappa shape index (κ3) is 3.55. The van der Waals surface area contributed by atoms with Crippen LogP contribution in [-0.4, -0.2) is 29.1 Å². The molecule has 2 unspecified atom stereocenters. The van der Waals surface area contributed by atoms with Crippen molar-refractivity contribution in [3.8, 4) is 0 Å². The quantitative estimate of drug-likeness (QED) is 0.941. The molecule has 0 radical (unpaired) electrons. The maximum Gasteiger partial charge on any atom is 0.180 e. The molecule has 0 bridgehead atoms. The summed E-state index contributed by atoms with van der Waals surface area (Å²) in [5, 5.41) is 1.37. The van der Waals surface area contributed by atoms with Crippen molar-refractivity contribution in [3.05, 3.63) is 45.9 Å². The fourth-order valence-corrected chi connectivity index (χ4v) is 3.44. The lowest BCUT2D eigenvalue weighted by Gasteiger charge is -2.38. The molecule has 1 saturated heterocycles. The van der Waals surface area contributed by atoms with E-state index in [1.165, 1.54) is 4.88 Å². The second-order valence-corrected chi connectivity index (χ2v) is 6.90. The van der Waals surface area contributed by atoms with Crippen LogP contribution in [0.25, 0.3) is 0 Å². The molecule has 4 nitrogen and oxygen atoms in total. The summed E-state index contributed by atoms with van der Waals surface area (Å²) in [5.74, 6) is 0. The summed E-state index contributed by atoms with van der Waals surface area (Å²) in [6.07, 6.45) is 1.92. The van der Waals surface area contributed by atoms with Gasteiger partial charge in [-0.05, 0) is 24.6 Å². The molecule has 3 rings (SSSR count). The summed E-state index contributed by atoms with van der Waals surface area (Å²) in [5.41, 5.74) is 6.83. The molecule has 0 aliphatic carbocycles. The van der Waals surface area contributed by atoms with Gasteiger partial charge in [-0.15, -0.1) is 11.3 Å². The van der Waals surface area contributed by atoms with Gasteiger partial charge in [0.1, 0.15) is 0 Å². The number of halogens is 1. The zero-order valence-electron chi connectivity index (χ0n) is 11.8. The molecule has 2 atom stereocenters. The van der Waals surface area contributed by atoms with Crippen molar-refractivity contribution in [1.82, 2.24) is 9.88 Å². The van der Waals surface area contributed by atoms with Crippen molar-refractivity contribution >= 4 is 28.1 Å². The van der Waals surface area contributed by atoms with Crippen molar-refractivity contribution in [1.29, 1.82) is 0 Å². The molecule has 1 fully saturated rings. The first-order valence-electron chi connectivity index (χ1n) is 6.93. The number of rotatable bonds is 3. The minimum absolute atomic E-state index is 0.0603. The first-order valence-corrected chi connectivity index (χ1v) is 8.12. The third-order valence-corrected chi connectivity index (χ3v) is 4.76. The molecule has 0 saturated carbocycles. The van der Waals surface area contributed by atoms with Crippen LogP contribution in [0.4, 0.5) is 5.13 Å². The normalized spacial score (nSPS) is 23.3. The van der Waals surface area contributed by atoms with Crippen LogP contribution in [-0.2, 0) is 11.3 Å². The highest BCUT2D eigenvalue weighted by atomic mass is 35.5. The summed E-state index contributed by atoms with van der Waals surface area (Å²) < 4.78 is 5.97. The summed E-state index contributed by atoms with van der Waals surface area (Å²) >= 11 is 7.62. The molecular formula is C15H18ClN3OS. The molecule has 2 aromatic rings. The number of morpholine rings is 1. The molecule has 2 N–H and O–H groups in total. The molecular weight excluding hydrogens is 306 g/mol. The summed E-state index contributed by atoms with van der Waals surface area (Å²) in [6, 6.07) is 8.27. The SMILES string of the molecule is CC1COC(c2cccc(Cl)c2)CN1Cc1cnc(N)s1. The first-order chi connectivity index (χ1) is 10.1. The summed E-state index contributed by atoms with van der Waals surface area (Å²) in [7, 11) is 0. The molecule has 0 amide bonds. The van der Waals surface area contributed by atoms with E-state index in [1.54, 1.807) is 11.3 Å². The van der Waals surface area contributed by atoms with Gasteiger partial charge in [0, 0.05) is 35.2 Å². The Morgan fingerprint density at radius 3 is 3.10 bits per heavy atom. The predicted octanol–water partition coefficient (Wildman–Crippen LogP) is 3.34. The maximum absolute atomic E-state index is 6.07. The summed E-state index contributed by atoms with van der Waals surface area (Å²) in [6.45, 7) is 4.60. The molecule has 1 aromatic carbocycles. The highest BCUT2D eigenvalue weighted by Crippen LogP contribution is 2.28. The Bertz CT molecular complexity index is 618. The van der Waals surface area contributed by atoms with Gasteiger partial charge in [0.15, 0.2) is 5.13 Å². The molecule has 112 valence electrons. The molecule has 1 aliphatic rings. The van der Waals surface area contributed by atoms with Crippen LogP contribution < -0.4 is 5.73 Å². The van der Waals surface area contributed by atoms with E-state index in [0.29, 0.717) is 17.8 Å². The third-order valence-electron chi connectivity index (χ3n) is 3.71. The predicted molar refractivity (Wildman–Crippen MR) is 86.5 cm³/mol. The number of nitrogens with zero attached hydrogens (tertiary/aromatic N) is 2. The number of hydrogen-bond acceptors (Lipinski definition) is 5. The maximum atomic E-state index is 6.07. The molecule has 1 aliphatic heterocycles. The topological polar surface area (TPSA) is 51.4 Å². The zero-order chi connectivity index (χ0) is 14.8. The van der Waals surface area contributed by atoms with Crippen LogP contribution in [0.2, 0.25) is 5.02 Å². The number of anilines is 1. The van der Waals surface area contributed by atoms with Gasteiger partial charge in [0.2, 0.25) is 0 Å². The zero-order valence-corrected chi connectivity index (χ0v) is 13.4. The van der Waals surface area contributed by atoms with Crippen molar-refractivity contribution in [2.75, 3.05) is 18.9 Å². The Morgan fingerprint density at radius 2 is 2.38 bits per heavy atom. The number of nitrogen functional groups attached to an aromatic ring is 1. The highest BCUT2D eigenvalue weighted by Gasteiger charge is 2.27. The van der Waals surface area contributed by atoms with E-state index in [1.807, 2.05) is 24.4 Å². The fraction of sp³-hybridized carbons (Fsp3) is 0.400. The van der Waals surface area contributed by atoms with Crippen molar-refractivity contribution < 1.29 is 4.74 Å². The average Bonchev–Trinajstić information content (AvgIpc) is 2.87. The largest absolute Gasteiger partial charge is 0.375 e. The Balaban J connectivity index is 1.72. The molecule has 6 heteroatoms. The number of aromatic nitrogens is 1. The average molecular weight is 324 g/mol. The Kier molecular flexibility index (Phi) is 4.45. The van der Waals surface area contributed by atoms with Gasteiger partial charge in [0.05, 0.1) is 12.7 Å². The van der Waals surface area contributed by atoms with E-state index in [4.69, 9.17) is 22.1 Å². The molecule has 1 aromatic heterocycles. The molecule has 2 heterocycles. The van der Waals surface area contributed by atoms with E-state index in [0.717, 1.165) is 23.7 Å². The molecule has 21 heavy (non-hydrogen) atoms. The van der Waals surface area contributed by atoms with E-state index in [2.05, 4.69) is 22.9 Å². The lowest BCUT2D eigenvalue weighted by molar-refractivity contribution is -0.0629. The van der Waals surface area contributed by atoms with Gasteiger partial charge >= 0.3 is 0 Å². The van der Waals surface area contributed by atoms with Crippen LogP contribution in [0.1, 0.15) is 23.5 Å². The van der Waals surface area contributed by atoms with Crippen molar-refractivity contribution in [3.63, 3.8) is 0 Å². The van der Waals surface area contributed by atoms with Gasteiger partial charge < -0.3 is 10.5 Å². The Hall–Kier alpha value is -1.14. The lowest BCUT2D eigenvalue weighted by Crippen LogP contribution is -2.44. The van der Waals surface area contributed by atoms with Gasteiger partial charge in [-0.2, -0.15) is 0 Å². The van der Waals surface area contributed by atoms with E-state index in [-0.39, 0.29) is 6.10 Å². The van der Waals surface area contributed by atoms with Crippen molar-refractivity contribution in [2.24, 2.45) is 0 Å². The Morgan fingerprint density at radius 1 is 1.52 bits per heavy atom. The second-order valence-electron chi connectivity index (χ2n) is 5.32. The van der Waals surface area contributed by atoms with Gasteiger partial charge in [-0.25, -0.2) is 4.98 Å². The second kappa shape index (κ2) is 6.32. The monoisotopic (exact) mass is 323 g/mol. The Labute approximate surface area is 133 Å². The van der Waals surface area contributed by atoms with Gasteiger partial charge in [-0.1, -0.05) is 23.7 Å². The highest BCUT2D eigenvalue weighted by molar-refractivity contribution is 7.15. The number of ether oxygens (including phenoxy) is 1. The lowest BCUT2D eigenvalue weighted by atomic mass is 10.1. The van der Waals surface area contributed by atoms with E-state index >= 15 is 0 Å². The minimum Gasteiger partial charge on any atom is -0.375 e. The van der Waals surface area contributed by atoms with Gasteiger partial charge in [-0.3, -0.25) is 4.90 Å². The van der Waals surface area contributed by atoms with Crippen LogP contribution in [0.15, 0.2) is 30.5 Å². The smallest absolute Gasteiger partial charge is 0.180 e. The first kappa shape index (κ1) is 14.8. The van der Waals surface area contributed by atoms with Crippen LogP contribution in [0, 0.1) is 0 Å². The van der Waals surface area contributed by atoms with E-state index in [9.17, 15) is 0 Å². The summed E-state index contributed by atoms with van der Waals surface area (Å²) in [4.78, 5) is 7.71. The van der Waals surface area contributed by atoms with Crippen molar-refractivity contribution in [2.45, 2.75) is 25.6 Å². The molecule has 0 spiro atoms. The standard InChI is InChI=1S/C15H18ClN3OS/c1-10-9-20-14(11-3-2-4-12(16)5-11)8-19(10)7-13-6-18-15(17)21-13/h2-6,10,14H,7-9H2,1H3,(H2,17,18). The fourth-order valence-electron chi connectivity index (χ4n) is 2.53. The number of hydrogen-bond donors (Lipinski definition) is 1.